The number of rotatable bonds is 5. The zero-order chi connectivity index (χ0) is 24.5. The molecule has 0 aliphatic heterocycles. The third-order valence-electron chi connectivity index (χ3n) is 5.18. The molecule has 0 amide bonds. The standard InChI is InChI=1S/C31H22O3S/c1-34-29-22-20-26(21-23-29)11-9-8-10-25-16-18-27(19-17-25)24-31(28-12-4-2-5-13-28)35(32,33)30-14-6-3-7-15-30/h2-7,12-24H,1H3/b31-24+. The molecule has 0 aliphatic rings. The molecular weight excluding hydrogens is 452 g/mol. The number of hydrogen-bond donors (Lipinski definition) is 0. The fourth-order valence-electron chi connectivity index (χ4n) is 3.34. The summed E-state index contributed by atoms with van der Waals surface area (Å²) in [6, 6.07) is 32.4. The number of sulfone groups is 1. The first-order valence-corrected chi connectivity index (χ1v) is 12.4. The fourth-order valence-corrected chi connectivity index (χ4v) is 4.85. The van der Waals surface area contributed by atoms with Gasteiger partial charge in [-0.25, -0.2) is 8.42 Å². The van der Waals surface area contributed by atoms with Crippen molar-refractivity contribution in [3.63, 3.8) is 0 Å². The largest absolute Gasteiger partial charge is 0.497 e. The molecular formula is C31H22O3S. The maximum atomic E-state index is 13.4. The molecule has 4 heteroatoms. The van der Waals surface area contributed by atoms with Gasteiger partial charge < -0.3 is 4.74 Å². The summed E-state index contributed by atoms with van der Waals surface area (Å²) in [5.41, 5.74) is 3.04. The van der Waals surface area contributed by atoms with E-state index in [1.807, 2.05) is 66.7 Å². The highest BCUT2D eigenvalue weighted by atomic mass is 32.2. The summed E-state index contributed by atoms with van der Waals surface area (Å²) < 4.78 is 32.0. The van der Waals surface area contributed by atoms with E-state index in [-0.39, 0.29) is 9.80 Å². The minimum Gasteiger partial charge on any atom is -0.497 e. The van der Waals surface area contributed by atoms with Crippen LogP contribution in [0.15, 0.2) is 114 Å². The first kappa shape index (κ1) is 23.6. The van der Waals surface area contributed by atoms with Crippen LogP contribution in [0.3, 0.4) is 0 Å². The second-order valence-electron chi connectivity index (χ2n) is 7.54. The van der Waals surface area contributed by atoms with Crippen LogP contribution in [0.25, 0.3) is 11.0 Å². The Balaban J connectivity index is 1.60. The highest BCUT2D eigenvalue weighted by Gasteiger charge is 2.22. The van der Waals surface area contributed by atoms with Gasteiger partial charge in [-0.15, -0.1) is 0 Å². The summed E-state index contributed by atoms with van der Waals surface area (Å²) in [6.45, 7) is 0. The monoisotopic (exact) mass is 474 g/mol. The van der Waals surface area contributed by atoms with E-state index in [9.17, 15) is 8.42 Å². The quantitative estimate of drug-likeness (QED) is 0.260. The van der Waals surface area contributed by atoms with Gasteiger partial charge >= 0.3 is 0 Å². The van der Waals surface area contributed by atoms with E-state index < -0.39 is 9.84 Å². The Kier molecular flexibility index (Phi) is 7.48. The summed E-state index contributed by atoms with van der Waals surface area (Å²) in [5.74, 6) is 12.5. The van der Waals surface area contributed by atoms with Gasteiger partial charge in [0.25, 0.3) is 0 Å². The van der Waals surface area contributed by atoms with Crippen LogP contribution in [0.1, 0.15) is 22.3 Å². The lowest BCUT2D eigenvalue weighted by molar-refractivity contribution is 0.415. The van der Waals surface area contributed by atoms with Crippen molar-refractivity contribution >= 4 is 20.8 Å². The molecule has 170 valence electrons. The van der Waals surface area contributed by atoms with Gasteiger partial charge in [-0.1, -0.05) is 72.5 Å². The molecule has 0 unspecified atom stereocenters. The highest BCUT2D eigenvalue weighted by molar-refractivity contribution is 8.00. The minimum atomic E-state index is -3.70. The van der Waals surface area contributed by atoms with Crippen molar-refractivity contribution in [3.05, 3.63) is 131 Å². The molecule has 0 saturated heterocycles. The van der Waals surface area contributed by atoms with Crippen LogP contribution >= 0.6 is 0 Å². The van der Waals surface area contributed by atoms with Gasteiger partial charge in [0, 0.05) is 11.1 Å². The van der Waals surface area contributed by atoms with E-state index in [1.165, 1.54) is 0 Å². The molecule has 0 spiro atoms. The predicted molar refractivity (Wildman–Crippen MR) is 141 cm³/mol. The molecule has 0 bridgehead atoms. The van der Waals surface area contributed by atoms with Gasteiger partial charge in [0.2, 0.25) is 9.84 Å². The van der Waals surface area contributed by atoms with Gasteiger partial charge in [0.15, 0.2) is 0 Å². The molecule has 3 nitrogen and oxygen atoms in total. The van der Waals surface area contributed by atoms with Crippen LogP contribution < -0.4 is 4.74 Å². The molecule has 0 radical (unpaired) electrons. The van der Waals surface area contributed by atoms with Crippen molar-refractivity contribution in [1.82, 2.24) is 0 Å². The third-order valence-corrected chi connectivity index (χ3v) is 7.00. The Bertz CT molecular complexity index is 1540. The number of hydrogen-bond acceptors (Lipinski definition) is 3. The first-order valence-electron chi connectivity index (χ1n) is 10.9. The Morgan fingerprint density at radius 3 is 1.74 bits per heavy atom. The molecule has 4 aromatic rings. The van der Waals surface area contributed by atoms with Gasteiger partial charge in [-0.05, 0) is 77.6 Å². The Morgan fingerprint density at radius 2 is 1.20 bits per heavy atom. The van der Waals surface area contributed by atoms with Crippen LogP contribution in [0, 0.1) is 23.7 Å². The Labute approximate surface area is 206 Å². The SMILES string of the molecule is COc1ccc(C#CC#Cc2ccc(/C=C(\c3ccccc3)S(=O)(=O)c3ccccc3)cc2)cc1. The molecule has 35 heavy (non-hydrogen) atoms. The molecule has 0 heterocycles. The number of benzene rings is 4. The minimum absolute atomic E-state index is 0.244. The normalized spacial score (nSPS) is 10.9. The van der Waals surface area contributed by atoms with Gasteiger partial charge in [-0.2, -0.15) is 0 Å². The second-order valence-corrected chi connectivity index (χ2v) is 9.46. The fraction of sp³-hybridized carbons (Fsp3) is 0.0323. The summed E-state index contributed by atoms with van der Waals surface area (Å²) in [5, 5.41) is 0. The summed E-state index contributed by atoms with van der Waals surface area (Å²) in [6.07, 6.45) is 1.69. The molecule has 4 aromatic carbocycles. The predicted octanol–water partition coefficient (Wildman–Crippen LogP) is 6.07. The van der Waals surface area contributed by atoms with Gasteiger partial charge in [-0.3, -0.25) is 0 Å². The average molecular weight is 475 g/mol. The summed E-state index contributed by atoms with van der Waals surface area (Å²) >= 11 is 0. The van der Waals surface area contributed by atoms with E-state index in [1.54, 1.807) is 55.7 Å². The van der Waals surface area contributed by atoms with E-state index >= 15 is 0 Å². The van der Waals surface area contributed by atoms with Crippen molar-refractivity contribution in [2.75, 3.05) is 7.11 Å². The maximum absolute atomic E-state index is 13.4. The van der Waals surface area contributed by atoms with Crippen molar-refractivity contribution in [1.29, 1.82) is 0 Å². The molecule has 0 fully saturated rings. The van der Waals surface area contributed by atoms with Gasteiger partial charge in [0.1, 0.15) is 5.75 Å². The van der Waals surface area contributed by atoms with Crippen molar-refractivity contribution in [3.8, 4) is 29.4 Å². The third kappa shape index (κ3) is 6.09. The lowest BCUT2D eigenvalue weighted by Gasteiger charge is -2.10. The molecule has 0 N–H and O–H groups in total. The zero-order valence-electron chi connectivity index (χ0n) is 19.1. The van der Waals surface area contributed by atoms with E-state index in [4.69, 9.17) is 4.74 Å². The molecule has 0 aromatic heterocycles. The van der Waals surface area contributed by atoms with Crippen molar-refractivity contribution < 1.29 is 13.2 Å². The zero-order valence-corrected chi connectivity index (χ0v) is 19.9. The maximum Gasteiger partial charge on any atom is 0.207 e. The van der Waals surface area contributed by atoms with Gasteiger partial charge in [0.05, 0.1) is 16.9 Å². The van der Waals surface area contributed by atoms with Crippen LogP contribution in [-0.4, -0.2) is 15.5 Å². The molecule has 0 saturated carbocycles. The van der Waals surface area contributed by atoms with Crippen LogP contribution in [0.5, 0.6) is 5.75 Å². The van der Waals surface area contributed by atoms with Crippen molar-refractivity contribution in [2.45, 2.75) is 4.90 Å². The topological polar surface area (TPSA) is 43.4 Å². The Morgan fingerprint density at radius 1 is 0.686 bits per heavy atom. The van der Waals surface area contributed by atoms with E-state index in [0.29, 0.717) is 5.56 Å². The number of methoxy groups -OCH3 is 1. The van der Waals surface area contributed by atoms with E-state index in [0.717, 1.165) is 22.4 Å². The number of ether oxygens (including phenoxy) is 1. The first-order chi connectivity index (χ1) is 17.1. The average Bonchev–Trinajstić information content (AvgIpc) is 2.91. The Hall–Kier alpha value is -4.51. The van der Waals surface area contributed by atoms with Crippen LogP contribution in [0.4, 0.5) is 0 Å². The molecule has 0 aliphatic carbocycles. The summed E-state index contributed by atoms with van der Waals surface area (Å²) in [4.78, 5) is 0.501. The molecule has 0 atom stereocenters. The second kappa shape index (κ2) is 11.1. The lowest BCUT2D eigenvalue weighted by atomic mass is 10.1. The van der Waals surface area contributed by atoms with Crippen LogP contribution in [-0.2, 0) is 9.84 Å². The van der Waals surface area contributed by atoms with Crippen LogP contribution in [0.2, 0.25) is 0 Å². The highest BCUT2D eigenvalue weighted by Crippen LogP contribution is 2.30. The lowest BCUT2D eigenvalue weighted by Crippen LogP contribution is -2.04. The van der Waals surface area contributed by atoms with E-state index in [2.05, 4.69) is 23.7 Å². The smallest absolute Gasteiger partial charge is 0.207 e. The summed E-state index contributed by atoms with van der Waals surface area (Å²) in [7, 11) is -2.08. The van der Waals surface area contributed by atoms with Crippen molar-refractivity contribution in [2.24, 2.45) is 0 Å². The molecule has 4 rings (SSSR count).